The first-order valence-electron chi connectivity index (χ1n) is 26.2. The van der Waals surface area contributed by atoms with Gasteiger partial charge in [0.1, 0.15) is 6.10 Å². The molecule has 0 aromatic rings. The van der Waals surface area contributed by atoms with E-state index in [1.807, 2.05) is 36.5 Å². The summed E-state index contributed by atoms with van der Waals surface area (Å²) in [7, 11) is 0. The monoisotopic (exact) mass is 888 g/mol. The van der Waals surface area contributed by atoms with Crippen LogP contribution in [0.15, 0.2) is 109 Å². The Balaban J connectivity index is 4.77. The van der Waals surface area contributed by atoms with Crippen molar-refractivity contribution in [2.45, 2.75) is 238 Å². The topological polar surface area (TPSA) is 95.9 Å². The Bertz CT molecular complexity index is 1320. The van der Waals surface area contributed by atoms with E-state index < -0.39 is 18.2 Å². The molecular weight excluding hydrogens is 791 g/mol. The van der Waals surface area contributed by atoms with Crippen molar-refractivity contribution in [3.05, 3.63) is 109 Å². The summed E-state index contributed by atoms with van der Waals surface area (Å²) >= 11 is 0. The first kappa shape index (κ1) is 60.5. The lowest BCUT2D eigenvalue weighted by molar-refractivity contribution is -0.151. The smallest absolute Gasteiger partial charge is 0.306 e. The summed E-state index contributed by atoms with van der Waals surface area (Å²) in [5, 5.41) is 23.8. The van der Waals surface area contributed by atoms with Gasteiger partial charge in [-0.3, -0.25) is 9.59 Å². The van der Waals surface area contributed by atoms with E-state index in [4.69, 9.17) is 4.74 Å². The van der Waals surface area contributed by atoms with Crippen molar-refractivity contribution in [2.75, 3.05) is 6.61 Å². The second-order valence-electron chi connectivity index (χ2n) is 17.3. The highest BCUT2D eigenvalue weighted by Gasteiger charge is 2.24. The molecule has 0 saturated carbocycles. The molecule has 0 spiro atoms. The van der Waals surface area contributed by atoms with Crippen LogP contribution in [0.2, 0.25) is 0 Å². The largest absolute Gasteiger partial charge is 0.462 e. The third-order valence-corrected chi connectivity index (χ3v) is 11.2. The summed E-state index contributed by atoms with van der Waals surface area (Å²) in [5.41, 5.74) is 0. The standard InChI is InChI=1S/C58H97NO5/c1-4-7-10-13-16-19-22-25-27-29-32-34-37-40-43-46-49-54(64-58(63)51-48-45-42-39-36-33-30-28-26-23-20-17-14-11-8-5-2)52-57(62)59-55(53-60)56(61)50-47-44-41-38-35-31-24-21-18-15-12-9-6-3/h8,10-11,13,16-17,19-20,22,25-29,32-34,36,54-56,60-61H,4-7,9,12,14-15,18,21,23-24,30-31,35,37-53H2,1-3H3,(H,59,62)/b11-8+,13-10+,19-16+,20-17+,25-22+,28-26+,29-27+,34-32+,36-33+. The van der Waals surface area contributed by atoms with E-state index in [0.29, 0.717) is 19.3 Å². The van der Waals surface area contributed by atoms with E-state index in [9.17, 15) is 19.8 Å². The third kappa shape index (κ3) is 45.1. The van der Waals surface area contributed by atoms with Crippen LogP contribution in [0, 0.1) is 0 Å². The number of hydrogen-bond donors (Lipinski definition) is 3. The molecule has 0 rings (SSSR count). The van der Waals surface area contributed by atoms with Crippen LogP contribution in [-0.4, -0.2) is 46.9 Å². The number of rotatable bonds is 45. The van der Waals surface area contributed by atoms with Crippen LogP contribution in [0.3, 0.4) is 0 Å². The zero-order chi connectivity index (χ0) is 46.7. The molecule has 6 heteroatoms. The van der Waals surface area contributed by atoms with Crippen LogP contribution in [0.1, 0.15) is 220 Å². The summed E-state index contributed by atoms with van der Waals surface area (Å²) in [6.07, 6.45) is 68.5. The Morgan fingerprint density at radius 3 is 1.48 bits per heavy atom. The summed E-state index contributed by atoms with van der Waals surface area (Å²) in [6.45, 7) is 6.25. The van der Waals surface area contributed by atoms with E-state index in [2.05, 4.69) is 99.0 Å². The van der Waals surface area contributed by atoms with Crippen molar-refractivity contribution in [1.29, 1.82) is 0 Å². The Hall–Kier alpha value is -3.48. The fraction of sp³-hybridized carbons (Fsp3) is 0.655. The van der Waals surface area contributed by atoms with E-state index in [1.165, 1.54) is 64.2 Å². The molecule has 0 radical (unpaired) electrons. The van der Waals surface area contributed by atoms with Crippen molar-refractivity contribution in [2.24, 2.45) is 0 Å². The number of carbonyl (C=O) groups excluding carboxylic acids is 2. The van der Waals surface area contributed by atoms with Gasteiger partial charge in [-0.15, -0.1) is 0 Å². The molecule has 0 fully saturated rings. The third-order valence-electron chi connectivity index (χ3n) is 11.2. The SMILES string of the molecule is CC/C=C/C/C=C/C/C=C/C/C=C/CCCCCC(=O)OC(CCCCC/C=C/C=C/C=C/C=C/C=C/CCC)CC(=O)NC(CO)C(O)CCCCCCCCCCCCCCC. The Kier molecular flexibility index (Phi) is 47.8. The molecule has 0 bridgehead atoms. The van der Waals surface area contributed by atoms with E-state index in [0.717, 1.165) is 109 Å². The van der Waals surface area contributed by atoms with Crippen molar-refractivity contribution in [1.82, 2.24) is 5.32 Å². The number of allylic oxidation sites excluding steroid dienone is 18. The van der Waals surface area contributed by atoms with Gasteiger partial charge in [0, 0.05) is 6.42 Å². The van der Waals surface area contributed by atoms with Gasteiger partial charge in [0.2, 0.25) is 5.91 Å². The molecule has 64 heavy (non-hydrogen) atoms. The number of aliphatic hydroxyl groups excluding tert-OH is 2. The molecule has 0 aromatic carbocycles. The first-order valence-corrected chi connectivity index (χ1v) is 26.2. The quantitative estimate of drug-likeness (QED) is 0.0245. The zero-order valence-electron chi connectivity index (χ0n) is 41.4. The highest BCUT2D eigenvalue weighted by atomic mass is 16.5. The Morgan fingerprint density at radius 2 is 0.938 bits per heavy atom. The number of hydrogen-bond acceptors (Lipinski definition) is 5. The van der Waals surface area contributed by atoms with Crippen molar-refractivity contribution in [3.63, 3.8) is 0 Å². The molecule has 1 amide bonds. The second kappa shape index (κ2) is 50.5. The number of aliphatic hydroxyl groups is 2. The number of amides is 1. The first-order chi connectivity index (χ1) is 31.5. The maximum atomic E-state index is 13.2. The molecule has 364 valence electrons. The Morgan fingerprint density at radius 1 is 0.484 bits per heavy atom. The molecular formula is C58H97NO5. The maximum Gasteiger partial charge on any atom is 0.306 e. The van der Waals surface area contributed by atoms with Crippen LogP contribution in [0.25, 0.3) is 0 Å². The summed E-state index contributed by atoms with van der Waals surface area (Å²) in [6, 6.07) is -0.730. The minimum atomic E-state index is -0.812. The molecule has 3 unspecified atom stereocenters. The minimum Gasteiger partial charge on any atom is -0.462 e. The minimum absolute atomic E-state index is 0.0297. The molecule has 0 aliphatic rings. The van der Waals surface area contributed by atoms with Gasteiger partial charge < -0.3 is 20.3 Å². The van der Waals surface area contributed by atoms with Gasteiger partial charge in [-0.05, 0) is 83.5 Å². The Labute approximate surface area is 394 Å². The predicted molar refractivity (Wildman–Crippen MR) is 277 cm³/mol. The van der Waals surface area contributed by atoms with Gasteiger partial charge in [0.25, 0.3) is 0 Å². The van der Waals surface area contributed by atoms with E-state index >= 15 is 0 Å². The van der Waals surface area contributed by atoms with Crippen LogP contribution in [0.4, 0.5) is 0 Å². The fourth-order valence-corrected chi connectivity index (χ4v) is 7.27. The number of ether oxygens (including phenoxy) is 1. The summed E-state index contributed by atoms with van der Waals surface area (Å²) in [5.74, 6) is -0.561. The van der Waals surface area contributed by atoms with Gasteiger partial charge in [-0.25, -0.2) is 0 Å². The fourth-order valence-electron chi connectivity index (χ4n) is 7.27. The van der Waals surface area contributed by atoms with Gasteiger partial charge in [0.05, 0.1) is 25.2 Å². The van der Waals surface area contributed by atoms with Gasteiger partial charge in [0.15, 0.2) is 0 Å². The van der Waals surface area contributed by atoms with Crippen LogP contribution in [0.5, 0.6) is 0 Å². The molecule has 6 nitrogen and oxygen atoms in total. The van der Waals surface area contributed by atoms with Crippen molar-refractivity contribution < 1.29 is 24.5 Å². The number of nitrogens with one attached hydrogen (secondary N) is 1. The van der Waals surface area contributed by atoms with Crippen LogP contribution < -0.4 is 5.32 Å². The maximum absolute atomic E-state index is 13.2. The molecule has 0 aromatic heterocycles. The van der Waals surface area contributed by atoms with E-state index in [-0.39, 0.29) is 24.9 Å². The van der Waals surface area contributed by atoms with Gasteiger partial charge in [-0.2, -0.15) is 0 Å². The number of unbranched alkanes of at least 4 members (excludes halogenated alkanes) is 19. The predicted octanol–water partition coefficient (Wildman–Crippen LogP) is 15.9. The molecule has 0 heterocycles. The van der Waals surface area contributed by atoms with Crippen LogP contribution in [-0.2, 0) is 14.3 Å². The normalized spacial score (nSPS) is 14.1. The lowest BCUT2D eigenvalue weighted by Gasteiger charge is -2.24. The van der Waals surface area contributed by atoms with Crippen molar-refractivity contribution >= 4 is 11.9 Å². The van der Waals surface area contributed by atoms with Crippen molar-refractivity contribution in [3.8, 4) is 0 Å². The van der Waals surface area contributed by atoms with Gasteiger partial charge in [-0.1, -0.05) is 233 Å². The summed E-state index contributed by atoms with van der Waals surface area (Å²) in [4.78, 5) is 26.2. The highest BCUT2D eigenvalue weighted by molar-refractivity contribution is 5.77. The zero-order valence-corrected chi connectivity index (χ0v) is 41.4. The molecule has 0 saturated heterocycles. The second-order valence-corrected chi connectivity index (χ2v) is 17.3. The molecule has 3 atom stereocenters. The van der Waals surface area contributed by atoms with E-state index in [1.54, 1.807) is 0 Å². The molecule has 0 aliphatic carbocycles. The van der Waals surface area contributed by atoms with Gasteiger partial charge >= 0.3 is 5.97 Å². The van der Waals surface area contributed by atoms with Crippen LogP contribution >= 0.6 is 0 Å². The highest BCUT2D eigenvalue weighted by Crippen LogP contribution is 2.17. The average Bonchev–Trinajstić information content (AvgIpc) is 3.29. The number of carbonyl (C=O) groups is 2. The average molecular weight is 888 g/mol. The summed E-state index contributed by atoms with van der Waals surface area (Å²) < 4.78 is 5.91. The lowest BCUT2D eigenvalue weighted by Crippen LogP contribution is -2.46. The molecule has 0 aliphatic heterocycles. The lowest BCUT2D eigenvalue weighted by atomic mass is 10.0. The number of esters is 1. The molecule has 3 N–H and O–H groups in total.